The van der Waals surface area contributed by atoms with Crippen molar-refractivity contribution in [1.82, 2.24) is 4.98 Å². The molecule has 0 saturated carbocycles. The summed E-state index contributed by atoms with van der Waals surface area (Å²) in [6, 6.07) is 8.92. The molecular weight excluding hydrogens is 294 g/mol. The summed E-state index contributed by atoms with van der Waals surface area (Å²) in [5.74, 6) is 0.127. The third kappa shape index (κ3) is 2.68. The zero-order valence-corrected chi connectivity index (χ0v) is 11.4. The fourth-order valence-electron chi connectivity index (χ4n) is 1.50. The lowest BCUT2D eigenvalue weighted by atomic mass is 10.1. The third-order valence-corrected chi connectivity index (χ3v) is 3.10. The molecule has 0 saturated heterocycles. The Bertz CT molecular complexity index is 599. The zero-order valence-electron chi connectivity index (χ0n) is 9.77. The van der Waals surface area contributed by atoms with Crippen LogP contribution in [0.1, 0.15) is 15.9 Å². The average Bonchev–Trinajstić information content (AvgIpc) is 2.32. The van der Waals surface area contributed by atoms with Crippen LogP contribution in [-0.2, 0) is 0 Å². The van der Waals surface area contributed by atoms with Crippen LogP contribution in [0.4, 0.5) is 11.5 Å². The van der Waals surface area contributed by atoms with E-state index in [1.54, 1.807) is 24.4 Å². The Morgan fingerprint density at radius 3 is 2.83 bits per heavy atom. The maximum Gasteiger partial charge on any atom is 0.258 e. The van der Waals surface area contributed by atoms with E-state index in [1.807, 2.05) is 19.1 Å². The number of nitrogen functional groups attached to an aromatic ring is 1. The van der Waals surface area contributed by atoms with Crippen molar-refractivity contribution in [2.75, 3.05) is 11.1 Å². The SMILES string of the molecule is Cc1ccc(C(=O)Nc2ncccc2N)c(Br)c1. The molecule has 3 N–H and O–H groups in total. The van der Waals surface area contributed by atoms with Gasteiger partial charge in [0.05, 0.1) is 11.3 Å². The van der Waals surface area contributed by atoms with Gasteiger partial charge in [-0.15, -0.1) is 0 Å². The number of benzene rings is 1. The van der Waals surface area contributed by atoms with Gasteiger partial charge in [0.1, 0.15) is 0 Å². The van der Waals surface area contributed by atoms with Gasteiger partial charge in [-0.3, -0.25) is 4.79 Å². The molecule has 0 aliphatic rings. The number of aryl methyl sites for hydroxylation is 1. The Morgan fingerprint density at radius 1 is 1.39 bits per heavy atom. The van der Waals surface area contributed by atoms with E-state index in [2.05, 4.69) is 26.2 Å². The van der Waals surface area contributed by atoms with Gasteiger partial charge >= 0.3 is 0 Å². The number of nitrogens with zero attached hydrogens (tertiary/aromatic N) is 1. The summed E-state index contributed by atoms with van der Waals surface area (Å²) in [5.41, 5.74) is 7.79. The number of rotatable bonds is 2. The van der Waals surface area contributed by atoms with Crippen LogP contribution in [0.2, 0.25) is 0 Å². The molecule has 0 unspecified atom stereocenters. The van der Waals surface area contributed by atoms with Crippen molar-refractivity contribution >= 4 is 33.3 Å². The largest absolute Gasteiger partial charge is 0.396 e. The standard InChI is InChI=1S/C13H12BrN3O/c1-8-4-5-9(10(14)7-8)13(18)17-12-11(15)3-2-6-16-12/h2-7H,15H2,1H3,(H,16,17,18). The Balaban J connectivity index is 2.25. The van der Waals surface area contributed by atoms with Crippen LogP contribution in [0.15, 0.2) is 41.0 Å². The second kappa shape index (κ2) is 5.18. The number of anilines is 2. The third-order valence-electron chi connectivity index (χ3n) is 2.44. The highest BCUT2D eigenvalue weighted by Crippen LogP contribution is 2.20. The van der Waals surface area contributed by atoms with E-state index >= 15 is 0 Å². The normalized spacial score (nSPS) is 10.1. The summed E-state index contributed by atoms with van der Waals surface area (Å²) in [7, 11) is 0. The van der Waals surface area contributed by atoms with E-state index in [0.717, 1.165) is 10.0 Å². The zero-order chi connectivity index (χ0) is 13.1. The highest BCUT2D eigenvalue weighted by Gasteiger charge is 2.11. The number of halogens is 1. The number of carbonyl (C=O) groups is 1. The molecule has 1 heterocycles. The highest BCUT2D eigenvalue weighted by atomic mass is 79.9. The number of carbonyl (C=O) groups excluding carboxylic acids is 1. The molecule has 0 aliphatic heterocycles. The van der Waals surface area contributed by atoms with Gasteiger partial charge in [0, 0.05) is 10.7 Å². The second-order valence-corrected chi connectivity index (χ2v) is 4.73. The molecule has 2 rings (SSSR count). The molecule has 92 valence electrons. The van der Waals surface area contributed by atoms with E-state index in [0.29, 0.717) is 17.1 Å². The molecule has 1 aromatic heterocycles. The number of hydrogen-bond donors (Lipinski definition) is 2. The number of nitrogens with two attached hydrogens (primary N) is 1. The van der Waals surface area contributed by atoms with E-state index in [1.165, 1.54) is 0 Å². The number of amides is 1. The van der Waals surface area contributed by atoms with E-state index in [4.69, 9.17) is 5.73 Å². The summed E-state index contributed by atoms with van der Waals surface area (Å²) in [6.45, 7) is 1.96. The van der Waals surface area contributed by atoms with Gasteiger partial charge in [-0.05, 0) is 52.7 Å². The van der Waals surface area contributed by atoms with Crippen molar-refractivity contribution in [3.8, 4) is 0 Å². The van der Waals surface area contributed by atoms with Crippen LogP contribution >= 0.6 is 15.9 Å². The molecule has 4 nitrogen and oxygen atoms in total. The lowest BCUT2D eigenvalue weighted by Crippen LogP contribution is -2.14. The van der Waals surface area contributed by atoms with Gasteiger partial charge in [-0.25, -0.2) is 4.98 Å². The summed E-state index contributed by atoms with van der Waals surface area (Å²) < 4.78 is 0.745. The maximum atomic E-state index is 12.1. The van der Waals surface area contributed by atoms with Gasteiger partial charge < -0.3 is 11.1 Å². The van der Waals surface area contributed by atoms with Crippen molar-refractivity contribution < 1.29 is 4.79 Å². The molecular formula is C13H12BrN3O. The first kappa shape index (κ1) is 12.6. The van der Waals surface area contributed by atoms with Crippen LogP contribution in [0.25, 0.3) is 0 Å². The smallest absolute Gasteiger partial charge is 0.258 e. The Hall–Kier alpha value is -1.88. The van der Waals surface area contributed by atoms with Gasteiger partial charge in [-0.1, -0.05) is 6.07 Å². The summed E-state index contributed by atoms with van der Waals surface area (Å²) >= 11 is 3.37. The monoisotopic (exact) mass is 305 g/mol. The number of nitrogens with one attached hydrogen (secondary N) is 1. The molecule has 0 radical (unpaired) electrons. The topological polar surface area (TPSA) is 68.0 Å². The average molecular weight is 306 g/mol. The molecule has 5 heteroatoms. The van der Waals surface area contributed by atoms with Crippen molar-refractivity contribution in [3.63, 3.8) is 0 Å². The first-order valence-electron chi connectivity index (χ1n) is 5.36. The first-order chi connectivity index (χ1) is 8.58. The molecule has 0 fully saturated rings. The molecule has 0 atom stereocenters. The Labute approximate surface area is 113 Å². The number of hydrogen-bond acceptors (Lipinski definition) is 3. The van der Waals surface area contributed by atoms with E-state index < -0.39 is 0 Å². The minimum absolute atomic E-state index is 0.243. The Morgan fingerprint density at radius 2 is 2.17 bits per heavy atom. The maximum absolute atomic E-state index is 12.1. The van der Waals surface area contributed by atoms with Gasteiger partial charge in [0.15, 0.2) is 5.82 Å². The molecule has 1 aromatic carbocycles. The van der Waals surface area contributed by atoms with Crippen LogP contribution in [0, 0.1) is 6.92 Å². The van der Waals surface area contributed by atoms with Gasteiger partial charge in [-0.2, -0.15) is 0 Å². The Kier molecular flexibility index (Phi) is 3.62. The quantitative estimate of drug-likeness (QED) is 0.896. The van der Waals surface area contributed by atoms with Crippen LogP contribution in [0.5, 0.6) is 0 Å². The fraction of sp³-hybridized carbons (Fsp3) is 0.0769. The van der Waals surface area contributed by atoms with Crippen LogP contribution in [-0.4, -0.2) is 10.9 Å². The van der Waals surface area contributed by atoms with Gasteiger partial charge in [0.25, 0.3) is 5.91 Å². The van der Waals surface area contributed by atoms with Gasteiger partial charge in [0.2, 0.25) is 0 Å². The molecule has 18 heavy (non-hydrogen) atoms. The number of aromatic nitrogens is 1. The highest BCUT2D eigenvalue weighted by molar-refractivity contribution is 9.10. The molecule has 0 bridgehead atoms. The lowest BCUT2D eigenvalue weighted by molar-refractivity contribution is 0.102. The van der Waals surface area contributed by atoms with Crippen molar-refractivity contribution in [3.05, 3.63) is 52.1 Å². The second-order valence-electron chi connectivity index (χ2n) is 3.88. The first-order valence-corrected chi connectivity index (χ1v) is 6.15. The minimum Gasteiger partial charge on any atom is -0.396 e. The van der Waals surface area contributed by atoms with Crippen molar-refractivity contribution in [2.24, 2.45) is 0 Å². The van der Waals surface area contributed by atoms with E-state index in [-0.39, 0.29) is 5.91 Å². The van der Waals surface area contributed by atoms with Crippen molar-refractivity contribution in [1.29, 1.82) is 0 Å². The fourth-order valence-corrected chi connectivity index (χ4v) is 2.17. The minimum atomic E-state index is -0.243. The summed E-state index contributed by atoms with van der Waals surface area (Å²) in [6.07, 6.45) is 1.58. The molecule has 1 amide bonds. The summed E-state index contributed by atoms with van der Waals surface area (Å²) in [5, 5.41) is 2.68. The summed E-state index contributed by atoms with van der Waals surface area (Å²) in [4.78, 5) is 16.1. The predicted molar refractivity (Wildman–Crippen MR) is 75.5 cm³/mol. The molecule has 0 aliphatic carbocycles. The molecule has 0 spiro atoms. The predicted octanol–water partition coefficient (Wildman–Crippen LogP) is 2.99. The molecule has 2 aromatic rings. The van der Waals surface area contributed by atoms with Crippen molar-refractivity contribution in [2.45, 2.75) is 6.92 Å². The number of pyridine rings is 1. The van der Waals surface area contributed by atoms with Crippen LogP contribution in [0.3, 0.4) is 0 Å². The van der Waals surface area contributed by atoms with Crippen LogP contribution < -0.4 is 11.1 Å². The van der Waals surface area contributed by atoms with E-state index in [9.17, 15) is 4.79 Å². The lowest BCUT2D eigenvalue weighted by Gasteiger charge is -2.08.